The molecule has 1 fully saturated rings. The fourth-order valence-electron chi connectivity index (χ4n) is 1.61. The number of nitrogen functional groups attached to an aromatic ring is 1. The van der Waals surface area contributed by atoms with Crippen molar-refractivity contribution in [1.82, 2.24) is 0 Å². The molecule has 98 valence electrons. The first-order chi connectivity index (χ1) is 8.72. The van der Waals surface area contributed by atoms with Gasteiger partial charge in [-0.15, -0.1) is 0 Å². The van der Waals surface area contributed by atoms with Gasteiger partial charge in [-0.3, -0.25) is 0 Å². The number of anilines is 1. The van der Waals surface area contributed by atoms with Crippen LogP contribution in [0.2, 0.25) is 0 Å². The minimum atomic E-state index is -0.383. The van der Waals surface area contributed by atoms with Gasteiger partial charge in [-0.05, 0) is 37.3 Å². The molecule has 1 aliphatic rings. The van der Waals surface area contributed by atoms with Crippen LogP contribution in [0.15, 0.2) is 18.2 Å². The van der Waals surface area contributed by atoms with Crippen LogP contribution in [0.4, 0.5) is 5.69 Å². The molecule has 0 amide bonds. The van der Waals surface area contributed by atoms with E-state index in [4.69, 9.17) is 15.2 Å². The number of rotatable bonds is 6. The molecule has 0 spiro atoms. The molecule has 2 N–H and O–H groups in total. The Hall–Kier alpha value is -1.71. The minimum Gasteiger partial charge on any atom is -0.491 e. The van der Waals surface area contributed by atoms with E-state index in [-0.39, 0.29) is 5.97 Å². The number of nitrogens with two attached hydrogens (primary N) is 1. The molecule has 2 rings (SSSR count). The van der Waals surface area contributed by atoms with Gasteiger partial charge < -0.3 is 15.2 Å². The van der Waals surface area contributed by atoms with E-state index in [1.165, 1.54) is 12.8 Å². The maximum Gasteiger partial charge on any atom is 0.340 e. The highest BCUT2D eigenvalue weighted by Gasteiger charge is 2.23. The Morgan fingerprint density at radius 1 is 1.44 bits per heavy atom. The third kappa shape index (κ3) is 3.15. The smallest absolute Gasteiger partial charge is 0.340 e. The number of ether oxygens (including phenoxy) is 2. The molecule has 1 aliphatic carbocycles. The summed E-state index contributed by atoms with van der Waals surface area (Å²) in [6.45, 7) is 3.04. The van der Waals surface area contributed by atoms with Gasteiger partial charge in [0.2, 0.25) is 0 Å². The van der Waals surface area contributed by atoms with E-state index in [9.17, 15) is 4.79 Å². The van der Waals surface area contributed by atoms with E-state index in [0.717, 1.165) is 6.42 Å². The second-order valence-electron chi connectivity index (χ2n) is 4.61. The molecule has 0 unspecified atom stereocenters. The average molecular weight is 249 g/mol. The number of hydrogen-bond donors (Lipinski definition) is 1. The standard InChI is InChI=1S/C14H19NO3/c1-2-8-17-14(16)11-4-3-5-12(13(11)15)18-9-10-6-7-10/h3-5,10H,2,6-9,15H2,1H3. The highest BCUT2D eigenvalue weighted by molar-refractivity contribution is 5.96. The average Bonchev–Trinajstić information content (AvgIpc) is 3.19. The minimum absolute atomic E-state index is 0.374. The number of hydrogen-bond acceptors (Lipinski definition) is 4. The van der Waals surface area contributed by atoms with E-state index < -0.39 is 0 Å². The Kier molecular flexibility index (Phi) is 4.07. The lowest BCUT2D eigenvalue weighted by Crippen LogP contribution is -2.10. The molecule has 0 atom stereocenters. The van der Waals surface area contributed by atoms with Crippen LogP contribution in [0, 0.1) is 5.92 Å². The van der Waals surface area contributed by atoms with Crippen molar-refractivity contribution in [3.05, 3.63) is 23.8 Å². The summed E-state index contributed by atoms with van der Waals surface area (Å²) < 4.78 is 10.7. The molecule has 0 heterocycles. The van der Waals surface area contributed by atoms with Gasteiger partial charge in [0.1, 0.15) is 5.75 Å². The Morgan fingerprint density at radius 2 is 2.22 bits per heavy atom. The summed E-state index contributed by atoms with van der Waals surface area (Å²) in [6.07, 6.45) is 3.24. The summed E-state index contributed by atoms with van der Waals surface area (Å²) in [6, 6.07) is 5.22. The van der Waals surface area contributed by atoms with Crippen LogP contribution >= 0.6 is 0 Å². The van der Waals surface area contributed by atoms with Crippen LogP contribution in [-0.4, -0.2) is 19.2 Å². The van der Waals surface area contributed by atoms with Crippen molar-refractivity contribution in [2.75, 3.05) is 18.9 Å². The number of benzene rings is 1. The predicted molar refractivity (Wildman–Crippen MR) is 69.6 cm³/mol. The molecule has 4 nitrogen and oxygen atoms in total. The van der Waals surface area contributed by atoms with Crippen molar-refractivity contribution < 1.29 is 14.3 Å². The fourth-order valence-corrected chi connectivity index (χ4v) is 1.61. The van der Waals surface area contributed by atoms with Crippen LogP contribution in [0.3, 0.4) is 0 Å². The molecule has 18 heavy (non-hydrogen) atoms. The van der Waals surface area contributed by atoms with Gasteiger partial charge in [0.15, 0.2) is 0 Å². The lowest BCUT2D eigenvalue weighted by molar-refractivity contribution is 0.0506. The van der Waals surface area contributed by atoms with Crippen molar-refractivity contribution in [2.24, 2.45) is 5.92 Å². The van der Waals surface area contributed by atoms with E-state index >= 15 is 0 Å². The molecular formula is C14H19NO3. The van der Waals surface area contributed by atoms with Crippen molar-refractivity contribution >= 4 is 11.7 Å². The number of esters is 1. The SMILES string of the molecule is CCCOC(=O)c1cccc(OCC2CC2)c1N. The normalized spacial score (nSPS) is 14.3. The number of carbonyl (C=O) groups is 1. The lowest BCUT2D eigenvalue weighted by Gasteiger charge is -2.11. The third-order valence-electron chi connectivity index (χ3n) is 2.89. The highest BCUT2D eigenvalue weighted by Crippen LogP contribution is 2.32. The summed E-state index contributed by atoms with van der Waals surface area (Å²) in [5.74, 6) is 0.846. The predicted octanol–water partition coefficient (Wildman–Crippen LogP) is 2.62. The van der Waals surface area contributed by atoms with Crippen LogP contribution in [0.5, 0.6) is 5.75 Å². The number of para-hydroxylation sites is 1. The summed E-state index contributed by atoms with van der Waals surface area (Å²) in [5.41, 5.74) is 6.70. The largest absolute Gasteiger partial charge is 0.491 e. The molecule has 0 bridgehead atoms. The maximum absolute atomic E-state index is 11.8. The van der Waals surface area contributed by atoms with Gasteiger partial charge in [-0.2, -0.15) is 0 Å². The van der Waals surface area contributed by atoms with E-state index in [1.54, 1.807) is 18.2 Å². The molecule has 1 aromatic carbocycles. The first-order valence-corrected chi connectivity index (χ1v) is 6.40. The Bertz CT molecular complexity index is 427. The summed E-state index contributed by atoms with van der Waals surface area (Å²) in [7, 11) is 0. The van der Waals surface area contributed by atoms with E-state index in [0.29, 0.717) is 36.1 Å². The van der Waals surface area contributed by atoms with Crippen molar-refractivity contribution in [3.8, 4) is 5.75 Å². The first-order valence-electron chi connectivity index (χ1n) is 6.40. The Balaban J connectivity index is 2.04. The molecular weight excluding hydrogens is 230 g/mol. The lowest BCUT2D eigenvalue weighted by atomic mass is 10.1. The molecule has 4 heteroatoms. The van der Waals surface area contributed by atoms with Gasteiger partial charge in [0, 0.05) is 0 Å². The Labute approximate surface area is 107 Å². The monoisotopic (exact) mass is 249 g/mol. The second kappa shape index (κ2) is 5.76. The van der Waals surface area contributed by atoms with E-state index in [2.05, 4.69) is 0 Å². The first kappa shape index (κ1) is 12.7. The zero-order valence-electron chi connectivity index (χ0n) is 10.6. The van der Waals surface area contributed by atoms with Crippen LogP contribution in [-0.2, 0) is 4.74 Å². The topological polar surface area (TPSA) is 61.5 Å². The van der Waals surface area contributed by atoms with Gasteiger partial charge in [-0.25, -0.2) is 4.79 Å². The molecule has 1 aromatic rings. The van der Waals surface area contributed by atoms with Crippen LogP contribution < -0.4 is 10.5 Å². The van der Waals surface area contributed by atoms with E-state index in [1.807, 2.05) is 6.92 Å². The van der Waals surface area contributed by atoms with Crippen molar-refractivity contribution in [2.45, 2.75) is 26.2 Å². The summed E-state index contributed by atoms with van der Waals surface area (Å²) >= 11 is 0. The molecule has 1 saturated carbocycles. The van der Waals surface area contributed by atoms with Gasteiger partial charge in [0.25, 0.3) is 0 Å². The molecule has 0 aromatic heterocycles. The molecule has 0 saturated heterocycles. The number of carbonyl (C=O) groups excluding carboxylic acids is 1. The van der Waals surface area contributed by atoms with Gasteiger partial charge in [-0.1, -0.05) is 13.0 Å². The van der Waals surface area contributed by atoms with Gasteiger partial charge in [0.05, 0.1) is 24.5 Å². The molecule has 0 radical (unpaired) electrons. The fraction of sp³-hybridized carbons (Fsp3) is 0.500. The van der Waals surface area contributed by atoms with Crippen molar-refractivity contribution in [3.63, 3.8) is 0 Å². The van der Waals surface area contributed by atoms with Crippen molar-refractivity contribution in [1.29, 1.82) is 0 Å². The Morgan fingerprint density at radius 3 is 2.89 bits per heavy atom. The quantitative estimate of drug-likeness (QED) is 0.622. The van der Waals surface area contributed by atoms with Crippen LogP contribution in [0.1, 0.15) is 36.5 Å². The summed E-state index contributed by atoms with van der Waals surface area (Å²) in [4.78, 5) is 11.8. The van der Waals surface area contributed by atoms with Crippen LogP contribution in [0.25, 0.3) is 0 Å². The zero-order chi connectivity index (χ0) is 13.0. The highest BCUT2D eigenvalue weighted by atomic mass is 16.5. The summed E-state index contributed by atoms with van der Waals surface area (Å²) in [5, 5.41) is 0. The zero-order valence-corrected chi connectivity index (χ0v) is 10.6. The third-order valence-corrected chi connectivity index (χ3v) is 2.89. The van der Waals surface area contributed by atoms with Gasteiger partial charge >= 0.3 is 5.97 Å². The maximum atomic E-state index is 11.8. The molecule has 0 aliphatic heterocycles. The second-order valence-corrected chi connectivity index (χ2v) is 4.61.